The largest absolute Gasteiger partial charge is 0.497 e. The lowest BCUT2D eigenvalue weighted by Gasteiger charge is -2.25. The van der Waals surface area contributed by atoms with Crippen LogP contribution in [0, 0.1) is 0 Å². The number of benzene rings is 2. The Morgan fingerprint density at radius 3 is 2.49 bits per heavy atom. The van der Waals surface area contributed by atoms with Crippen molar-refractivity contribution in [2.24, 2.45) is 4.99 Å². The molecule has 0 spiro atoms. The minimum atomic E-state index is -0.690. The fourth-order valence-electron chi connectivity index (χ4n) is 4.33. The molecule has 206 valence electrons. The van der Waals surface area contributed by atoms with Gasteiger partial charge in [0.2, 0.25) is 0 Å². The molecular formula is C30H34N2O6S. The number of thiazole rings is 1. The highest BCUT2D eigenvalue weighted by Crippen LogP contribution is 2.32. The van der Waals surface area contributed by atoms with Gasteiger partial charge in [0.15, 0.2) is 16.3 Å². The predicted molar refractivity (Wildman–Crippen MR) is 151 cm³/mol. The standard InChI is InChI=1S/C30H34N2O6S/c1-7-8-15-37-23-14-9-20(16-24(23)36-6)17-25-28(33)32-27(21-10-12-22(35-5)13-11-21)26(29(34)38-18(2)3)19(4)31-30(32)39-25/h9-14,16-18,27H,7-8,15H2,1-6H3/b25-17-. The lowest BCUT2D eigenvalue weighted by atomic mass is 9.96. The summed E-state index contributed by atoms with van der Waals surface area (Å²) in [7, 11) is 3.18. The molecule has 1 atom stereocenters. The van der Waals surface area contributed by atoms with E-state index in [0.717, 1.165) is 24.0 Å². The molecule has 3 aromatic rings. The van der Waals surface area contributed by atoms with Crippen molar-refractivity contribution in [2.45, 2.75) is 52.7 Å². The highest BCUT2D eigenvalue weighted by atomic mass is 32.1. The first-order valence-electron chi connectivity index (χ1n) is 13.0. The zero-order valence-corrected chi connectivity index (χ0v) is 24.0. The lowest BCUT2D eigenvalue weighted by Crippen LogP contribution is -2.40. The first kappa shape index (κ1) is 28.2. The molecule has 1 unspecified atom stereocenters. The van der Waals surface area contributed by atoms with Crippen molar-refractivity contribution in [3.63, 3.8) is 0 Å². The molecule has 1 aliphatic heterocycles. The van der Waals surface area contributed by atoms with Crippen LogP contribution in [0.5, 0.6) is 17.2 Å². The van der Waals surface area contributed by atoms with Crippen LogP contribution < -0.4 is 29.1 Å². The first-order valence-corrected chi connectivity index (χ1v) is 13.8. The molecule has 39 heavy (non-hydrogen) atoms. The van der Waals surface area contributed by atoms with Crippen molar-refractivity contribution in [3.8, 4) is 17.2 Å². The maximum Gasteiger partial charge on any atom is 0.338 e. The minimum absolute atomic E-state index is 0.246. The molecule has 0 bridgehead atoms. The Labute approximate surface area is 231 Å². The molecule has 1 aliphatic rings. The second-order valence-electron chi connectivity index (χ2n) is 9.42. The number of hydrogen-bond donors (Lipinski definition) is 0. The Hall–Kier alpha value is -3.85. The molecule has 2 heterocycles. The average molecular weight is 551 g/mol. The third kappa shape index (κ3) is 6.09. The third-order valence-corrected chi connectivity index (χ3v) is 7.24. The van der Waals surface area contributed by atoms with E-state index in [4.69, 9.17) is 18.9 Å². The lowest BCUT2D eigenvalue weighted by molar-refractivity contribution is -0.143. The molecule has 9 heteroatoms. The number of aromatic nitrogens is 1. The Balaban J connectivity index is 1.83. The zero-order valence-electron chi connectivity index (χ0n) is 23.1. The van der Waals surface area contributed by atoms with E-state index in [1.54, 1.807) is 45.6 Å². The van der Waals surface area contributed by atoms with E-state index in [1.807, 2.05) is 42.5 Å². The van der Waals surface area contributed by atoms with Gasteiger partial charge in [0, 0.05) is 0 Å². The number of carbonyl (C=O) groups excluding carboxylic acids is 1. The molecule has 0 fully saturated rings. The van der Waals surface area contributed by atoms with Crippen LogP contribution in [0.1, 0.15) is 57.7 Å². The predicted octanol–water partition coefficient (Wildman–Crippen LogP) is 4.38. The number of carbonyl (C=O) groups is 1. The van der Waals surface area contributed by atoms with E-state index in [-0.39, 0.29) is 11.7 Å². The van der Waals surface area contributed by atoms with Crippen molar-refractivity contribution in [1.82, 2.24) is 4.57 Å². The van der Waals surface area contributed by atoms with Crippen LogP contribution in [-0.2, 0) is 9.53 Å². The van der Waals surface area contributed by atoms with Crippen LogP contribution in [0.2, 0.25) is 0 Å². The SMILES string of the molecule is CCCCOc1ccc(/C=c2\sc3n(c2=O)C(c2ccc(OC)cc2)C(C(=O)OC(C)C)=C(C)N=3)cc1OC. The zero-order chi connectivity index (χ0) is 28.1. The van der Waals surface area contributed by atoms with Crippen molar-refractivity contribution in [1.29, 1.82) is 0 Å². The maximum absolute atomic E-state index is 13.8. The van der Waals surface area contributed by atoms with E-state index < -0.39 is 12.0 Å². The van der Waals surface area contributed by atoms with Crippen LogP contribution >= 0.6 is 11.3 Å². The second-order valence-corrected chi connectivity index (χ2v) is 10.4. The molecule has 0 saturated heterocycles. The van der Waals surface area contributed by atoms with Crippen molar-refractivity contribution >= 4 is 23.4 Å². The molecule has 0 N–H and O–H groups in total. The number of unbranched alkanes of at least 4 members (excludes halogenated alkanes) is 1. The molecule has 8 nitrogen and oxygen atoms in total. The highest BCUT2D eigenvalue weighted by molar-refractivity contribution is 7.07. The average Bonchev–Trinajstić information content (AvgIpc) is 3.22. The summed E-state index contributed by atoms with van der Waals surface area (Å²) in [6.07, 6.45) is 3.48. The van der Waals surface area contributed by atoms with E-state index in [0.29, 0.717) is 44.5 Å². The van der Waals surface area contributed by atoms with Gasteiger partial charge in [0.25, 0.3) is 5.56 Å². The van der Waals surface area contributed by atoms with E-state index >= 15 is 0 Å². The number of methoxy groups -OCH3 is 2. The number of esters is 1. The first-order chi connectivity index (χ1) is 18.8. The molecule has 1 aromatic heterocycles. The molecule has 0 amide bonds. The van der Waals surface area contributed by atoms with E-state index in [2.05, 4.69) is 11.9 Å². The number of rotatable bonds is 10. The minimum Gasteiger partial charge on any atom is -0.497 e. The number of nitrogens with zero attached hydrogens (tertiary/aromatic N) is 2. The van der Waals surface area contributed by atoms with Gasteiger partial charge in [0.05, 0.1) is 48.8 Å². The highest BCUT2D eigenvalue weighted by Gasteiger charge is 2.33. The fourth-order valence-corrected chi connectivity index (χ4v) is 5.38. The second kappa shape index (κ2) is 12.3. The van der Waals surface area contributed by atoms with Gasteiger partial charge >= 0.3 is 5.97 Å². The number of hydrogen-bond acceptors (Lipinski definition) is 8. The quantitative estimate of drug-likeness (QED) is 0.275. The van der Waals surface area contributed by atoms with Crippen LogP contribution in [0.15, 0.2) is 63.5 Å². The van der Waals surface area contributed by atoms with E-state index in [9.17, 15) is 9.59 Å². The van der Waals surface area contributed by atoms with Gasteiger partial charge in [-0.1, -0.05) is 42.9 Å². The molecular weight excluding hydrogens is 516 g/mol. The normalized spacial score (nSPS) is 15.2. The summed E-state index contributed by atoms with van der Waals surface area (Å²) in [5, 5.41) is 0. The van der Waals surface area contributed by atoms with E-state index in [1.165, 1.54) is 11.3 Å². The molecule has 4 rings (SSSR count). The summed E-state index contributed by atoms with van der Waals surface area (Å²) in [6, 6.07) is 12.2. The van der Waals surface area contributed by atoms with Gasteiger partial charge in [-0.2, -0.15) is 0 Å². The van der Waals surface area contributed by atoms with Gasteiger partial charge in [-0.05, 0) is 68.7 Å². The number of fused-ring (bicyclic) bond motifs is 1. The number of ether oxygens (including phenoxy) is 4. The van der Waals surface area contributed by atoms with Crippen molar-refractivity contribution in [3.05, 3.63) is 84.5 Å². The molecule has 0 saturated carbocycles. The van der Waals surface area contributed by atoms with Gasteiger partial charge in [-0.15, -0.1) is 0 Å². The Kier molecular flexibility index (Phi) is 8.91. The Bertz CT molecular complexity index is 1550. The van der Waals surface area contributed by atoms with Gasteiger partial charge < -0.3 is 18.9 Å². The summed E-state index contributed by atoms with van der Waals surface area (Å²) < 4.78 is 24.3. The van der Waals surface area contributed by atoms with Gasteiger partial charge in [0.1, 0.15) is 5.75 Å². The fraction of sp³-hybridized carbons (Fsp3) is 0.367. The van der Waals surface area contributed by atoms with Crippen LogP contribution in [0.4, 0.5) is 0 Å². The van der Waals surface area contributed by atoms with Crippen molar-refractivity contribution in [2.75, 3.05) is 20.8 Å². The topological polar surface area (TPSA) is 88.4 Å². The summed E-state index contributed by atoms with van der Waals surface area (Å²) >= 11 is 1.27. The molecule has 0 radical (unpaired) electrons. The smallest absolute Gasteiger partial charge is 0.338 e. The monoisotopic (exact) mass is 550 g/mol. The molecule has 2 aromatic carbocycles. The van der Waals surface area contributed by atoms with Crippen LogP contribution in [0.3, 0.4) is 0 Å². The number of allylic oxidation sites excluding steroid dienone is 1. The van der Waals surface area contributed by atoms with Crippen LogP contribution in [0.25, 0.3) is 6.08 Å². The Morgan fingerprint density at radius 2 is 1.85 bits per heavy atom. The summed E-state index contributed by atoms with van der Waals surface area (Å²) in [6.45, 7) is 8.07. The Morgan fingerprint density at radius 1 is 1.10 bits per heavy atom. The maximum atomic E-state index is 13.8. The third-order valence-electron chi connectivity index (χ3n) is 6.26. The van der Waals surface area contributed by atoms with Gasteiger partial charge in [-0.3, -0.25) is 9.36 Å². The summed E-state index contributed by atoms with van der Waals surface area (Å²) in [5.74, 6) is 1.44. The van der Waals surface area contributed by atoms with Crippen molar-refractivity contribution < 1.29 is 23.7 Å². The van der Waals surface area contributed by atoms with Crippen LogP contribution in [-0.4, -0.2) is 37.5 Å². The summed E-state index contributed by atoms with van der Waals surface area (Å²) in [5.41, 5.74) is 2.15. The molecule has 0 aliphatic carbocycles. The van der Waals surface area contributed by atoms with Gasteiger partial charge in [-0.25, -0.2) is 9.79 Å². The summed E-state index contributed by atoms with van der Waals surface area (Å²) in [4.78, 5) is 32.2.